The zero-order valence-electron chi connectivity index (χ0n) is 9.73. The normalized spacial score (nSPS) is 38.5. The first kappa shape index (κ1) is 14.2. The van der Waals surface area contributed by atoms with Crippen LogP contribution in [-0.2, 0) is 4.79 Å². The highest BCUT2D eigenvalue weighted by atomic mass is 16.3. The molecule has 0 aliphatic heterocycles. The van der Waals surface area contributed by atoms with Crippen LogP contribution >= 0.6 is 0 Å². The maximum Gasteiger partial charge on any atom is 0.135 e. The Hall–Kier alpha value is -0.820. The van der Waals surface area contributed by atoms with Crippen LogP contribution in [0.25, 0.3) is 0 Å². The number of Topliss-reactive ketones (excluding diaryl/α,β-unsaturated/α-hetero) is 1. The van der Waals surface area contributed by atoms with Crippen molar-refractivity contribution in [3.05, 3.63) is 0 Å². The Morgan fingerprint density at radius 1 is 1.35 bits per heavy atom. The molecule has 0 saturated heterocycles. The van der Waals surface area contributed by atoms with E-state index in [1.165, 1.54) is 13.1 Å². The van der Waals surface area contributed by atoms with E-state index in [0.717, 1.165) is 0 Å². The summed E-state index contributed by atoms with van der Waals surface area (Å²) in [5.74, 6) is -0.610. The number of carbonyl (C=O) groups is 1. The molecule has 1 unspecified atom stereocenters. The van der Waals surface area contributed by atoms with E-state index in [2.05, 4.69) is 4.99 Å². The molecule has 0 amide bonds. The molecule has 6 nitrogen and oxygen atoms in total. The van der Waals surface area contributed by atoms with Gasteiger partial charge in [0.2, 0.25) is 0 Å². The maximum atomic E-state index is 10.7. The van der Waals surface area contributed by atoms with Gasteiger partial charge in [-0.2, -0.15) is 0 Å². The number of nitrogens with zero attached hydrogens (tertiary/aromatic N) is 1. The van der Waals surface area contributed by atoms with E-state index in [-0.39, 0.29) is 25.2 Å². The van der Waals surface area contributed by atoms with Gasteiger partial charge in [-0.3, -0.25) is 9.79 Å². The van der Waals surface area contributed by atoms with Crippen LogP contribution in [0.2, 0.25) is 0 Å². The fraction of sp³-hybridized carbons (Fsp3) is 0.818. The van der Waals surface area contributed by atoms with Crippen LogP contribution in [0.15, 0.2) is 4.99 Å². The van der Waals surface area contributed by atoms with Gasteiger partial charge in [0, 0.05) is 25.2 Å². The fourth-order valence-electron chi connectivity index (χ4n) is 1.97. The van der Waals surface area contributed by atoms with Gasteiger partial charge in [-0.25, -0.2) is 0 Å². The van der Waals surface area contributed by atoms with Gasteiger partial charge in [0.15, 0.2) is 0 Å². The molecule has 0 aromatic carbocycles. The summed E-state index contributed by atoms with van der Waals surface area (Å²) in [4.78, 5) is 14.6. The lowest BCUT2D eigenvalue weighted by Crippen LogP contribution is -2.53. The van der Waals surface area contributed by atoms with E-state index in [4.69, 9.17) is 5.11 Å². The Labute approximate surface area is 99.6 Å². The summed E-state index contributed by atoms with van der Waals surface area (Å²) >= 11 is 0. The number of rotatable bonds is 4. The van der Waals surface area contributed by atoms with Crippen molar-refractivity contribution in [1.29, 1.82) is 0 Å². The number of aliphatic hydroxyl groups excluding tert-OH is 4. The largest absolute Gasteiger partial charge is 0.396 e. The first-order valence-electron chi connectivity index (χ1n) is 5.63. The van der Waals surface area contributed by atoms with Gasteiger partial charge in [0.25, 0.3) is 0 Å². The summed E-state index contributed by atoms with van der Waals surface area (Å²) in [6.45, 7) is 1.12. The van der Waals surface area contributed by atoms with Crippen LogP contribution in [-0.4, -0.2) is 63.4 Å². The molecule has 1 saturated carbocycles. The number of carbonyl (C=O) groups excluding carboxylic acids is 1. The molecule has 4 N–H and O–H groups in total. The third-order valence-corrected chi connectivity index (χ3v) is 3.01. The Morgan fingerprint density at radius 2 is 2.00 bits per heavy atom. The second-order valence-corrected chi connectivity index (χ2v) is 4.46. The first-order chi connectivity index (χ1) is 7.97. The van der Waals surface area contributed by atoms with Crippen molar-refractivity contribution in [1.82, 2.24) is 0 Å². The molecule has 0 heterocycles. The van der Waals surface area contributed by atoms with Crippen molar-refractivity contribution in [3.8, 4) is 0 Å². The third-order valence-electron chi connectivity index (χ3n) is 3.01. The molecule has 6 heteroatoms. The van der Waals surface area contributed by atoms with Gasteiger partial charge < -0.3 is 20.4 Å². The van der Waals surface area contributed by atoms with Crippen molar-refractivity contribution in [2.75, 3.05) is 6.61 Å². The standard InChI is InChI=1S/C11H19NO5/c1-6(14)2-3-12-9-8(15)4-7(5-13)10(16)11(9)17/h3,7-11,13,15-17H,2,4-5H2,1H3/t7-,8?,9+,10+,11-/m1/s1. The smallest absolute Gasteiger partial charge is 0.135 e. The van der Waals surface area contributed by atoms with E-state index in [1.807, 2.05) is 0 Å². The predicted octanol–water partition coefficient (Wildman–Crippen LogP) is -1.50. The minimum absolute atomic E-state index is 0.0673. The van der Waals surface area contributed by atoms with Crippen LogP contribution in [0.4, 0.5) is 0 Å². The van der Waals surface area contributed by atoms with Crippen LogP contribution in [0, 0.1) is 5.92 Å². The molecular weight excluding hydrogens is 226 g/mol. The van der Waals surface area contributed by atoms with Crippen LogP contribution in [0.5, 0.6) is 0 Å². The molecule has 17 heavy (non-hydrogen) atoms. The molecule has 0 aromatic rings. The number of aliphatic hydroxyl groups is 4. The molecule has 0 bridgehead atoms. The Morgan fingerprint density at radius 3 is 2.53 bits per heavy atom. The lowest BCUT2D eigenvalue weighted by molar-refractivity contribution is -0.115. The highest BCUT2D eigenvalue weighted by Crippen LogP contribution is 2.27. The van der Waals surface area contributed by atoms with E-state index < -0.39 is 30.3 Å². The molecule has 1 aliphatic rings. The molecular formula is C11H19NO5. The van der Waals surface area contributed by atoms with E-state index >= 15 is 0 Å². The summed E-state index contributed by atoms with van der Waals surface area (Å²) in [7, 11) is 0. The molecule has 5 atom stereocenters. The van der Waals surface area contributed by atoms with Crippen LogP contribution in [0.1, 0.15) is 19.8 Å². The fourth-order valence-corrected chi connectivity index (χ4v) is 1.97. The van der Waals surface area contributed by atoms with Crippen LogP contribution in [0.3, 0.4) is 0 Å². The molecule has 0 spiro atoms. The SMILES string of the molecule is CC(=O)CC=N[C@H]1C(O)C[C@H](CO)[C@H](O)[C@@H]1O. The van der Waals surface area contributed by atoms with Crippen molar-refractivity contribution in [3.63, 3.8) is 0 Å². The van der Waals surface area contributed by atoms with Crippen molar-refractivity contribution >= 4 is 12.0 Å². The van der Waals surface area contributed by atoms with Gasteiger partial charge in [-0.1, -0.05) is 0 Å². The monoisotopic (exact) mass is 245 g/mol. The van der Waals surface area contributed by atoms with Crippen molar-refractivity contribution < 1.29 is 25.2 Å². The molecule has 0 aromatic heterocycles. The van der Waals surface area contributed by atoms with Gasteiger partial charge >= 0.3 is 0 Å². The molecule has 0 radical (unpaired) electrons. The summed E-state index contributed by atoms with van der Waals surface area (Å²) in [6.07, 6.45) is -1.60. The van der Waals surface area contributed by atoms with E-state index in [9.17, 15) is 20.1 Å². The molecule has 1 aliphatic carbocycles. The molecule has 1 fully saturated rings. The van der Waals surface area contributed by atoms with Crippen LogP contribution < -0.4 is 0 Å². The highest BCUT2D eigenvalue weighted by Gasteiger charge is 2.42. The number of ketones is 1. The minimum atomic E-state index is -1.22. The van der Waals surface area contributed by atoms with Gasteiger partial charge in [-0.05, 0) is 13.3 Å². The third kappa shape index (κ3) is 3.57. The average Bonchev–Trinajstić information content (AvgIpc) is 2.27. The Bertz CT molecular complexity index is 294. The number of hydrogen-bond donors (Lipinski definition) is 4. The van der Waals surface area contributed by atoms with Crippen molar-refractivity contribution in [2.24, 2.45) is 10.9 Å². The Balaban J connectivity index is 2.66. The summed E-state index contributed by atoms with van der Waals surface area (Å²) in [5, 5.41) is 38.1. The van der Waals surface area contributed by atoms with Gasteiger partial charge in [-0.15, -0.1) is 0 Å². The summed E-state index contributed by atoms with van der Waals surface area (Å²) in [5.41, 5.74) is 0. The lowest BCUT2D eigenvalue weighted by Gasteiger charge is -2.38. The van der Waals surface area contributed by atoms with E-state index in [0.29, 0.717) is 0 Å². The second-order valence-electron chi connectivity index (χ2n) is 4.46. The maximum absolute atomic E-state index is 10.7. The van der Waals surface area contributed by atoms with Gasteiger partial charge in [0.1, 0.15) is 17.9 Å². The molecule has 1 rings (SSSR count). The lowest BCUT2D eigenvalue weighted by atomic mass is 9.80. The van der Waals surface area contributed by atoms with Gasteiger partial charge in [0.05, 0.1) is 12.2 Å². The number of hydrogen-bond acceptors (Lipinski definition) is 6. The summed E-state index contributed by atoms with van der Waals surface area (Å²) < 4.78 is 0. The van der Waals surface area contributed by atoms with Crippen molar-refractivity contribution in [2.45, 2.75) is 44.1 Å². The zero-order chi connectivity index (χ0) is 13.0. The second kappa shape index (κ2) is 6.20. The highest BCUT2D eigenvalue weighted by molar-refractivity contribution is 5.89. The molecule has 98 valence electrons. The predicted molar refractivity (Wildman–Crippen MR) is 60.8 cm³/mol. The van der Waals surface area contributed by atoms with E-state index in [1.54, 1.807) is 0 Å². The first-order valence-corrected chi connectivity index (χ1v) is 5.63. The zero-order valence-corrected chi connectivity index (χ0v) is 9.73. The topological polar surface area (TPSA) is 110 Å². The quantitative estimate of drug-likeness (QED) is 0.451. The average molecular weight is 245 g/mol. The number of aliphatic imine (C=N–C) groups is 1. The Kier molecular flexibility index (Phi) is 5.20. The minimum Gasteiger partial charge on any atom is -0.396 e. The summed E-state index contributed by atoms with van der Waals surface area (Å²) in [6, 6.07) is -0.841.